The fourth-order valence-electron chi connectivity index (χ4n) is 1.78. The van der Waals surface area contributed by atoms with Gasteiger partial charge in [-0.2, -0.15) is 0 Å². The molecule has 0 saturated carbocycles. The van der Waals surface area contributed by atoms with Crippen molar-refractivity contribution in [1.82, 2.24) is 0 Å². The van der Waals surface area contributed by atoms with E-state index in [0.717, 1.165) is 0 Å². The zero-order valence-corrected chi connectivity index (χ0v) is 11.7. The molecule has 1 aromatic carbocycles. The minimum atomic E-state index is -4.73. The van der Waals surface area contributed by atoms with Gasteiger partial charge in [-0.3, -0.25) is 0 Å². The highest BCUT2D eigenvalue weighted by molar-refractivity contribution is 5.28. The van der Waals surface area contributed by atoms with E-state index in [1.54, 1.807) is 20.8 Å². The molecule has 2 N–H and O–H groups in total. The second-order valence-corrected chi connectivity index (χ2v) is 5.79. The molecule has 1 aromatic rings. The van der Waals surface area contributed by atoms with Crippen LogP contribution in [0.15, 0.2) is 24.3 Å². The van der Waals surface area contributed by atoms with Gasteiger partial charge < -0.3 is 10.5 Å². The van der Waals surface area contributed by atoms with Crippen LogP contribution in [-0.4, -0.2) is 18.6 Å². The molecule has 0 spiro atoms. The minimum Gasteiger partial charge on any atom is -0.406 e. The van der Waals surface area contributed by atoms with Crippen LogP contribution in [0, 0.1) is 5.41 Å². The first kappa shape index (κ1) is 16.8. The van der Waals surface area contributed by atoms with Crippen molar-refractivity contribution in [1.29, 1.82) is 0 Å². The standard InChI is InChI=1S/C14H19F4NO/c1-12(2,3)13(15,9-19)8-10-4-6-11(7-5-10)20-14(16,17)18/h4-7H,8-9,19H2,1-3H3. The van der Waals surface area contributed by atoms with Crippen LogP contribution in [0.1, 0.15) is 26.3 Å². The van der Waals surface area contributed by atoms with Crippen LogP contribution in [-0.2, 0) is 6.42 Å². The van der Waals surface area contributed by atoms with E-state index in [1.807, 2.05) is 0 Å². The smallest absolute Gasteiger partial charge is 0.406 e. The van der Waals surface area contributed by atoms with Gasteiger partial charge in [0.25, 0.3) is 0 Å². The zero-order valence-electron chi connectivity index (χ0n) is 11.7. The number of nitrogens with two attached hydrogens (primary N) is 1. The first-order valence-corrected chi connectivity index (χ1v) is 6.20. The van der Waals surface area contributed by atoms with Crippen LogP contribution < -0.4 is 10.5 Å². The van der Waals surface area contributed by atoms with Crippen LogP contribution >= 0.6 is 0 Å². The van der Waals surface area contributed by atoms with Gasteiger partial charge in [0.05, 0.1) is 0 Å². The van der Waals surface area contributed by atoms with Crippen molar-refractivity contribution in [2.24, 2.45) is 11.1 Å². The first-order chi connectivity index (χ1) is 8.97. The highest BCUT2D eigenvalue weighted by Crippen LogP contribution is 2.36. The Labute approximate surface area is 115 Å². The summed E-state index contributed by atoms with van der Waals surface area (Å²) in [6, 6.07) is 5.17. The molecular weight excluding hydrogens is 274 g/mol. The van der Waals surface area contributed by atoms with E-state index in [2.05, 4.69) is 4.74 Å². The summed E-state index contributed by atoms with van der Waals surface area (Å²) in [5.41, 5.74) is 3.79. The third-order valence-corrected chi connectivity index (χ3v) is 3.31. The number of alkyl halides is 4. The molecule has 1 unspecified atom stereocenters. The summed E-state index contributed by atoms with van der Waals surface area (Å²) in [4.78, 5) is 0. The molecule has 0 fully saturated rings. The maximum atomic E-state index is 14.7. The number of hydrogen-bond donors (Lipinski definition) is 1. The van der Waals surface area contributed by atoms with Gasteiger partial charge in [-0.15, -0.1) is 13.2 Å². The molecule has 114 valence electrons. The van der Waals surface area contributed by atoms with Crippen LogP contribution in [0.2, 0.25) is 0 Å². The Morgan fingerprint density at radius 2 is 1.50 bits per heavy atom. The van der Waals surface area contributed by atoms with E-state index in [-0.39, 0.29) is 18.7 Å². The molecule has 1 rings (SSSR count). The van der Waals surface area contributed by atoms with Crippen LogP contribution in [0.5, 0.6) is 5.75 Å². The minimum absolute atomic E-state index is 0.0410. The Hall–Kier alpha value is -1.30. The van der Waals surface area contributed by atoms with E-state index in [4.69, 9.17) is 5.73 Å². The van der Waals surface area contributed by atoms with Gasteiger partial charge in [-0.05, 0) is 23.1 Å². The molecule has 6 heteroatoms. The molecule has 0 aliphatic carbocycles. The normalized spacial score (nSPS) is 15.8. The number of benzene rings is 1. The average Bonchev–Trinajstić information content (AvgIpc) is 2.28. The number of rotatable bonds is 4. The van der Waals surface area contributed by atoms with Crippen molar-refractivity contribution in [2.75, 3.05) is 6.54 Å². The molecule has 0 amide bonds. The van der Waals surface area contributed by atoms with Crippen LogP contribution in [0.25, 0.3) is 0 Å². The van der Waals surface area contributed by atoms with Crippen molar-refractivity contribution in [3.8, 4) is 5.75 Å². The van der Waals surface area contributed by atoms with Gasteiger partial charge in [0.1, 0.15) is 11.4 Å². The Kier molecular flexibility index (Phi) is 4.69. The summed E-state index contributed by atoms with van der Waals surface area (Å²) in [6.45, 7) is 5.06. The summed E-state index contributed by atoms with van der Waals surface area (Å²) < 4.78 is 54.6. The van der Waals surface area contributed by atoms with Gasteiger partial charge >= 0.3 is 6.36 Å². The van der Waals surface area contributed by atoms with Crippen molar-refractivity contribution >= 4 is 0 Å². The quantitative estimate of drug-likeness (QED) is 0.856. The van der Waals surface area contributed by atoms with E-state index >= 15 is 0 Å². The van der Waals surface area contributed by atoms with Crippen molar-refractivity contribution in [2.45, 2.75) is 39.2 Å². The molecule has 2 nitrogen and oxygen atoms in total. The molecule has 1 atom stereocenters. The maximum absolute atomic E-state index is 14.7. The first-order valence-electron chi connectivity index (χ1n) is 6.20. The fraction of sp³-hybridized carbons (Fsp3) is 0.571. The topological polar surface area (TPSA) is 35.2 Å². The van der Waals surface area contributed by atoms with E-state index < -0.39 is 17.4 Å². The Balaban J connectivity index is 2.84. The van der Waals surface area contributed by atoms with Gasteiger partial charge in [0.15, 0.2) is 0 Å². The lowest BCUT2D eigenvalue weighted by molar-refractivity contribution is -0.274. The van der Waals surface area contributed by atoms with E-state index in [9.17, 15) is 17.6 Å². The van der Waals surface area contributed by atoms with Crippen molar-refractivity contribution in [3.05, 3.63) is 29.8 Å². The summed E-state index contributed by atoms with van der Waals surface area (Å²) in [5, 5.41) is 0. The fourth-order valence-corrected chi connectivity index (χ4v) is 1.78. The predicted molar refractivity (Wildman–Crippen MR) is 69.2 cm³/mol. The number of hydrogen-bond acceptors (Lipinski definition) is 2. The molecule has 0 aliphatic rings. The lowest BCUT2D eigenvalue weighted by atomic mass is 9.74. The highest BCUT2D eigenvalue weighted by atomic mass is 19.4. The van der Waals surface area contributed by atoms with Crippen LogP contribution in [0.3, 0.4) is 0 Å². The largest absolute Gasteiger partial charge is 0.573 e. The second kappa shape index (κ2) is 5.60. The molecule has 20 heavy (non-hydrogen) atoms. The average molecular weight is 293 g/mol. The maximum Gasteiger partial charge on any atom is 0.573 e. The molecule has 0 saturated heterocycles. The molecule has 0 heterocycles. The zero-order chi connectivity index (χ0) is 15.6. The molecule has 0 aliphatic heterocycles. The molecule has 0 radical (unpaired) electrons. The van der Waals surface area contributed by atoms with E-state index in [1.165, 1.54) is 24.3 Å². The molecule has 0 aromatic heterocycles. The van der Waals surface area contributed by atoms with Crippen molar-refractivity contribution < 1.29 is 22.3 Å². The summed E-state index contributed by atoms with van der Waals surface area (Å²) in [5.74, 6) is -0.325. The molecular formula is C14H19F4NO. The Morgan fingerprint density at radius 3 is 1.85 bits per heavy atom. The number of halogens is 4. The lowest BCUT2D eigenvalue weighted by Gasteiger charge is -2.37. The number of ether oxygens (including phenoxy) is 1. The van der Waals surface area contributed by atoms with Gasteiger partial charge in [0.2, 0.25) is 0 Å². The lowest BCUT2D eigenvalue weighted by Crippen LogP contribution is -2.47. The Morgan fingerprint density at radius 1 is 1.00 bits per heavy atom. The summed E-state index contributed by atoms with van der Waals surface area (Å²) in [6.07, 6.45) is -4.69. The third-order valence-electron chi connectivity index (χ3n) is 3.31. The monoisotopic (exact) mass is 293 g/mol. The van der Waals surface area contributed by atoms with Gasteiger partial charge in [0, 0.05) is 13.0 Å². The highest BCUT2D eigenvalue weighted by Gasteiger charge is 2.41. The van der Waals surface area contributed by atoms with Crippen molar-refractivity contribution in [3.63, 3.8) is 0 Å². The third kappa shape index (κ3) is 4.37. The predicted octanol–water partition coefficient (Wildman–Crippen LogP) is 3.84. The van der Waals surface area contributed by atoms with Gasteiger partial charge in [-0.25, -0.2) is 4.39 Å². The Bertz CT molecular complexity index is 436. The van der Waals surface area contributed by atoms with Crippen LogP contribution in [0.4, 0.5) is 17.6 Å². The van der Waals surface area contributed by atoms with Gasteiger partial charge in [-0.1, -0.05) is 32.9 Å². The SMILES string of the molecule is CC(C)(C)C(F)(CN)Cc1ccc(OC(F)(F)F)cc1. The summed E-state index contributed by atoms with van der Waals surface area (Å²) >= 11 is 0. The van der Waals surface area contributed by atoms with E-state index in [0.29, 0.717) is 5.56 Å². The summed E-state index contributed by atoms with van der Waals surface area (Å²) in [7, 11) is 0. The second-order valence-electron chi connectivity index (χ2n) is 5.79. The molecule has 0 bridgehead atoms.